The Morgan fingerprint density at radius 2 is 2.05 bits per heavy atom. The molecule has 2 aromatic rings. The average Bonchev–Trinajstić information content (AvgIpc) is 2.95. The van der Waals surface area contributed by atoms with Crippen molar-refractivity contribution in [3.63, 3.8) is 0 Å². The smallest absolute Gasteiger partial charge is 0.0425 e. The summed E-state index contributed by atoms with van der Waals surface area (Å²) in [6.45, 7) is 5.80. The van der Waals surface area contributed by atoms with Crippen LogP contribution in [0, 0.1) is 0 Å². The Balaban J connectivity index is 1.78. The first-order valence-corrected chi connectivity index (χ1v) is 7.35. The van der Waals surface area contributed by atoms with E-state index in [1.807, 2.05) is 24.5 Å². The van der Waals surface area contributed by atoms with Gasteiger partial charge in [0.25, 0.3) is 0 Å². The Hall–Kier alpha value is -1.81. The van der Waals surface area contributed by atoms with Crippen molar-refractivity contribution in [2.75, 3.05) is 30.7 Å². The molecule has 0 aliphatic carbocycles. The minimum atomic E-state index is 0.424. The predicted octanol–water partition coefficient (Wildman–Crippen LogP) is 2.71. The van der Waals surface area contributed by atoms with Gasteiger partial charge >= 0.3 is 0 Å². The van der Waals surface area contributed by atoms with E-state index in [0.29, 0.717) is 6.04 Å². The number of fused-ring (bicyclic) bond motifs is 1. The maximum absolute atomic E-state index is 6.01. The summed E-state index contributed by atoms with van der Waals surface area (Å²) in [5, 5.41) is 5.78. The van der Waals surface area contributed by atoms with Crippen LogP contribution in [0.1, 0.15) is 19.8 Å². The molecule has 4 heteroatoms. The van der Waals surface area contributed by atoms with Crippen LogP contribution in [0.25, 0.3) is 10.8 Å². The molecule has 1 fully saturated rings. The van der Waals surface area contributed by atoms with Gasteiger partial charge in [-0.05, 0) is 51.1 Å². The second-order valence-electron chi connectivity index (χ2n) is 5.68. The van der Waals surface area contributed by atoms with Crippen LogP contribution in [0.15, 0.2) is 30.6 Å². The number of nitrogens with one attached hydrogen (secondary N) is 1. The van der Waals surface area contributed by atoms with E-state index < -0.39 is 0 Å². The molecule has 1 atom stereocenters. The molecule has 0 amide bonds. The van der Waals surface area contributed by atoms with Crippen LogP contribution in [-0.2, 0) is 0 Å². The highest BCUT2D eigenvalue weighted by Crippen LogP contribution is 2.28. The summed E-state index contributed by atoms with van der Waals surface area (Å²) in [5.74, 6) is 0. The minimum Gasteiger partial charge on any atom is -0.398 e. The van der Waals surface area contributed by atoms with Crippen molar-refractivity contribution >= 4 is 22.1 Å². The Bertz CT molecular complexity index is 590. The molecule has 20 heavy (non-hydrogen) atoms. The zero-order valence-corrected chi connectivity index (χ0v) is 12.0. The topological polar surface area (TPSA) is 54.2 Å². The number of hydrogen-bond donors (Lipinski definition) is 2. The van der Waals surface area contributed by atoms with E-state index in [9.17, 15) is 0 Å². The third kappa shape index (κ3) is 2.70. The molecule has 0 spiro atoms. The fraction of sp³-hybridized carbons (Fsp3) is 0.438. The molecular formula is C16H22N4. The van der Waals surface area contributed by atoms with Crippen molar-refractivity contribution in [2.45, 2.75) is 25.8 Å². The zero-order chi connectivity index (χ0) is 13.9. The Labute approximate surface area is 120 Å². The average molecular weight is 270 g/mol. The highest BCUT2D eigenvalue weighted by Gasteiger charge is 2.15. The van der Waals surface area contributed by atoms with E-state index in [1.165, 1.54) is 25.9 Å². The van der Waals surface area contributed by atoms with Crippen molar-refractivity contribution in [3.05, 3.63) is 30.6 Å². The van der Waals surface area contributed by atoms with Crippen LogP contribution in [-0.4, -0.2) is 35.6 Å². The van der Waals surface area contributed by atoms with Crippen LogP contribution in [0.3, 0.4) is 0 Å². The summed E-state index contributed by atoms with van der Waals surface area (Å²) in [6.07, 6.45) is 6.32. The third-order valence-electron chi connectivity index (χ3n) is 3.98. The van der Waals surface area contributed by atoms with Crippen LogP contribution in [0.2, 0.25) is 0 Å². The number of rotatable bonds is 4. The van der Waals surface area contributed by atoms with Crippen molar-refractivity contribution in [2.24, 2.45) is 0 Å². The van der Waals surface area contributed by atoms with E-state index in [-0.39, 0.29) is 0 Å². The van der Waals surface area contributed by atoms with Crippen molar-refractivity contribution in [1.29, 1.82) is 0 Å². The lowest BCUT2D eigenvalue weighted by Gasteiger charge is -2.23. The monoisotopic (exact) mass is 270 g/mol. The largest absolute Gasteiger partial charge is 0.398 e. The number of nitrogens with two attached hydrogens (primary N) is 1. The van der Waals surface area contributed by atoms with E-state index in [4.69, 9.17) is 5.73 Å². The van der Waals surface area contributed by atoms with Gasteiger partial charge in [0.05, 0.1) is 0 Å². The summed E-state index contributed by atoms with van der Waals surface area (Å²) in [7, 11) is 0. The lowest BCUT2D eigenvalue weighted by atomic mass is 10.1. The first kappa shape index (κ1) is 13.2. The molecule has 1 aromatic carbocycles. The molecule has 1 aromatic heterocycles. The molecular weight excluding hydrogens is 248 g/mol. The molecule has 1 saturated heterocycles. The molecule has 0 bridgehead atoms. The Kier molecular flexibility index (Phi) is 3.74. The van der Waals surface area contributed by atoms with E-state index in [0.717, 1.165) is 28.7 Å². The van der Waals surface area contributed by atoms with Gasteiger partial charge in [0, 0.05) is 47.1 Å². The standard InChI is InChI=1S/C16H22N4/c1-12(11-20-8-2-3-9-20)19-16-5-4-15(17)14-10-18-7-6-13(14)16/h4-7,10,12,19H,2-3,8-9,11,17H2,1H3. The number of anilines is 2. The first-order valence-electron chi connectivity index (χ1n) is 7.35. The van der Waals surface area contributed by atoms with Gasteiger partial charge in [-0.25, -0.2) is 0 Å². The second-order valence-corrected chi connectivity index (χ2v) is 5.68. The quantitative estimate of drug-likeness (QED) is 0.839. The maximum Gasteiger partial charge on any atom is 0.0425 e. The molecule has 2 heterocycles. The SMILES string of the molecule is CC(CN1CCCC1)Nc1ccc(N)c2cnccc12. The minimum absolute atomic E-state index is 0.424. The third-order valence-corrected chi connectivity index (χ3v) is 3.98. The van der Waals surface area contributed by atoms with Crippen LogP contribution < -0.4 is 11.1 Å². The highest BCUT2D eigenvalue weighted by atomic mass is 15.2. The number of likely N-dealkylation sites (tertiary alicyclic amines) is 1. The molecule has 1 aliphatic heterocycles. The lowest BCUT2D eigenvalue weighted by molar-refractivity contribution is 0.328. The Morgan fingerprint density at radius 3 is 2.85 bits per heavy atom. The number of nitrogens with zero attached hydrogens (tertiary/aromatic N) is 2. The van der Waals surface area contributed by atoms with Gasteiger partial charge < -0.3 is 16.0 Å². The Morgan fingerprint density at radius 1 is 1.25 bits per heavy atom. The number of nitrogen functional groups attached to an aromatic ring is 1. The molecule has 0 saturated carbocycles. The fourth-order valence-electron chi connectivity index (χ4n) is 3.00. The van der Waals surface area contributed by atoms with Crippen molar-refractivity contribution < 1.29 is 0 Å². The number of hydrogen-bond acceptors (Lipinski definition) is 4. The summed E-state index contributed by atoms with van der Waals surface area (Å²) < 4.78 is 0. The van der Waals surface area contributed by atoms with Crippen molar-refractivity contribution in [3.8, 4) is 0 Å². The number of aromatic nitrogens is 1. The second kappa shape index (κ2) is 5.67. The predicted molar refractivity (Wildman–Crippen MR) is 84.9 cm³/mol. The molecule has 3 rings (SSSR count). The van der Waals surface area contributed by atoms with E-state index in [1.54, 1.807) is 0 Å². The molecule has 4 nitrogen and oxygen atoms in total. The van der Waals surface area contributed by atoms with Gasteiger partial charge in [0.2, 0.25) is 0 Å². The zero-order valence-electron chi connectivity index (χ0n) is 12.0. The lowest BCUT2D eigenvalue weighted by Crippen LogP contribution is -2.33. The van der Waals surface area contributed by atoms with Gasteiger partial charge in [0.1, 0.15) is 0 Å². The van der Waals surface area contributed by atoms with Crippen LogP contribution in [0.4, 0.5) is 11.4 Å². The summed E-state index contributed by atoms with van der Waals surface area (Å²) in [4.78, 5) is 6.69. The van der Waals surface area contributed by atoms with Crippen LogP contribution in [0.5, 0.6) is 0 Å². The first-order chi connectivity index (χ1) is 9.74. The normalized spacial score (nSPS) is 17.4. The highest BCUT2D eigenvalue weighted by molar-refractivity contribution is 6.00. The number of pyridine rings is 1. The van der Waals surface area contributed by atoms with E-state index >= 15 is 0 Å². The van der Waals surface area contributed by atoms with Crippen LogP contribution >= 0.6 is 0 Å². The molecule has 1 aliphatic rings. The fourth-order valence-corrected chi connectivity index (χ4v) is 3.00. The molecule has 0 radical (unpaired) electrons. The number of benzene rings is 1. The van der Waals surface area contributed by atoms with Gasteiger partial charge in [-0.3, -0.25) is 4.98 Å². The summed E-state index contributed by atoms with van der Waals surface area (Å²) >= 11 is 0. The molecule has 106 valence electrons. The summed E-state index contributed by atoms with van der Waals surface area (Å²) in [5.41, 5.74) is 7.94. The van der Waals surface area contributed by atoms with Gasteiger partial charge in [-0.2, -0.15) is 0 Å². The van der Waals surface area contributed by atoms with E-state index in [2.05, 4.69) is 28.2 Å². The maximum atomic E-state index is 6.01. The molecule has 3 N–H and O–H groups in total. The van der Waals surface area contributed by atoms with Crippen molar-refractivity contribution in [1.82, 2.24) is 9.88 Å². The summed E-state index contributed by atoms with van der Waals surface area (Å²) in [6, 6.07) is 6.47. The molecule has 1 unspecified atom stereocenters. The van der Waals surface area contributed by atoms with Gasteiger partial charge in [-0.1, -0.05) is 0 Å². The van der Waals surface area contributed by atoms with Gasteiger partial charge in [0.15, 0.2) is 0 Å². The van der Waals surface area contributed by atoms with Gasteiger partial charge in [-0.15, -0.1) is 0 Å².